The molecule has 0 fully saturated rings. The summed E-state index contributed by atoms with van der Waals surface area (Å²) in [7, 11) is 1.82. The molecule has 1 aromatic heterocycles. The quantitative estimate of drug-likeness (QED) is 0.710. The predicted molar refractivity (Wildman–Crippen MR) is 59.4 cm³/mol. The zero-order valence-corrected chi connectivity index (χ0v) is 8.54. The summed E-state index contributed by atoms with van der Waals surface area (Å²) in [4.78, 5) is 4.21. The molecule has 1 heterocycles. The molecule has 0 aromatic carbocycles. The summed E-state index contributed by atoms with van der Waals surface area (Å²) >= 11 is 0. The highest BCUT2D eigenvalue weighted by Crippen LogP contribution is 2.11. The minimum absolute atomic E-state index is 0.865. The van der Waals surface area contributed by atoms with Crippen molar-refractivity contribution in [1.82, 2.24) is 10.3 Å². The highest BCUT2D eigenvalue weighted by atomic mass is 14.8. The van der Waals surface area contributed by atoms with Crippen LogP contribution in [0.2, 0.25) is 0 Å². The van der Waals surface area contributed by atoms with Gasteiger partial charge in [0.2, 0.25) is 0 Å². The Morgan fingerprint density at radius 2 is 2.43 bits per heavy atom. The number of aromatic nitrogens is 1. The summed E-state index contributed by atoms with van der Waals surface area (Å²) in [5.74, 6) is 0. The molecule has 3 heteroatoms. The Kier molecular flexibility index (Phi) is 3.85. The van der Waals surface area contributed by atoms with Gasteiger partial charge in [-0.15, -0.1) is 0 Å². The molecule has 74 valence electrons. The fourth-order valence-corrected chi connectivity index (χ4v) is 1.21. The Morgan fingerprint density at radius 3 is 3.00 bits per heavy atom. The summed E-state index contributed by atoms with van der Waals surface area (Å²) in [6.07, 6.45) is 5.84. The lowest BCUT2D eigenvalue weighted by Crippen LogP contribution is -1.98. The van der Waals surface area contributed by atoms with E-state index in [1.165, 1.54) is 6.21 Å². The van der Waals surface area contributed by atoms with Crippen molar-refractivity contribution in [1.29, 1.82) is 5.41 Å². The van der Waals surface area contributed by atoms with Crippen LogP contribution in [0.15, 0.2) is 24.5 Å². The topological polar surface area (TPSA) is 48.8 Å². The standard InChI is InChI=1S/C11H15N3/c1-3-11-6-9(4-5-14-11)10(7-12)8-13-2/h4-8,12-13H,3H2,1-2H3/b10-8+,12-7?. The summed E-state index contributed by atoms with van der Waals surface area (Å²) in [6, 6.07) is 3.92. The second-order valence-corrected chi connectivity index (χ2v) is 2.92. The molecule has 2 N–H and O–H groups in total. The van der Waals surface area contributed by atoms with E-state index in [-0.39, 0.29) is 0 Å². The molecule has 0 unspecified atom stereocenters. The Balaban J connectivity index is 3.04. The summed E-state index contributed by atoms with van der Waals surface area (Å²) in [5.41, 5.74) is 2.94. The van der Waals surface area contributed by atoms with E-state index in [4.69, 9.17) is 5.41 Å². The maximum Gasteiger partial charge on any atom is 0.0407 e. The molecule has 0 aliphatic carbocycles. The normalized spacial score (nSPS) is 11.1. The molecular formula is C11H15N3. The van der Waals surface area contributed by atoms with E-state index in [0.29, 0.717) is 0 Å². The van der Waals surface area contributed by atoms with Crippen molar-refractivity contribution >= 4 is 11.8 Å². The summed E-state index contributed by atoms with van der Waals surface area (Å²) in [5, 5.41) is 10.2. The number of nitrogens with one attached hydrogen (secondary N) is 2. The maximum absolute atomic E-state index is 7.27. The van der Waals surface area contributed by atoms with E-state index in [1.807, 2.05) is 25.4 Å². The van der Waals surface area contributed by atoms with Gasteiger partial charge in [-0.05, 0) is 24.1 Å². The average molecular weight is 189 g/mol. The van der Waals surface area contributed by atoms with Crippen LogP contribution in [0.3, 0.4) is 0 Å². The molecule has 0 spiro atoms. The van der Waals surface area contributed by atoms with E-state index < -0.39 is 0 Å². The van der Waals surface area contributed by atoms with Crippen LogP contribution < -0.4 is 5.32 Å². The molecule has 0 aliphatic rings. The number of allylic oxidation sites excluding steroid dienone is 1. The third-order valence-corrected chi connectivity index (χ3v) is 1.97. The fraction of sp³-hybridized carbons (Fsp3) is 0.273. The van der Waals surface area contributed by atoms with Crippen LogP contribution in [0.4, 0.5) is 0 Å². The minimum Gasteiger partial charge on any atom is -0.393 e. The zero-order valence-electron chi connectivity index (χ0n) is 8.54. The lowest BCUT2D eigenvalue weighted by atomic mass is 10.1. The van der Waals surface area contributed by atoms with Gasteiger partial charge in [-0.3, -0.25) is 4.98 Å². The van der Waals surface area contributed by atoms with Crippen molar-refractivity contribution in [3.8, 4) is 0 Å². The highest BCUT2D eigenvalue weighted by Gasteiger charge is 1.99. The number of rotatable bonds is 4. The lowest BCUT2D eigenvalue weighted by Gasteiger charge is -2.03. The third kappa shape index (κ3) is 2.42. The number of hydrogen-bond donors (Lipinski definition) is 2. The monoisotopic (exact) mass is 189 g/mol. The zero-order chi connectivity index (χ0) is 10.4. The highest BCUT2D eigenvalue weighted by molar-refractivity contribution is 6.08. The number of pyridine rings is 1. The van der Waals surface area contributed by atoms with Crippen LogP contribution in [-0.2, 0) is 6.42 Å². The van der Waals surface area contributed by atoms with Gasteiger partial charge in [0.05, 0.1) is 0 Å². The van der Waals surface area contributed by atoms with Crippen molar-refractivity contribution in [3.05, 3.63) is 35.8 Å². The molecule has 0 radical (unpaired) electrons. The molecule has 0 amide bonds. The largest absolute Gasteiger partial charge is 0.393 e. The summed E-state index contributed by atoms with van der Waals surface area (Å²) in [6.45, 7) is 2.07. The molecule has 0 saturated heterocycles. The van der Waals surface area contributed by atoms with Crippen molar-refractivity contribution in [2.45, 2.75) is 13.3 Å². The second kappa shape index (κ2) is 5.17. The van der Waals surface area contributed by atoms with Crippen molar-refractivity contribution in [2.24, 2.45) is 0 Å². The van der Waals surface area contributed by atoms with Gasteiger partial charge in [-0.25, -0.2) is 0 Å². The van der Waals surface area contributed by atoms with Crippen LogP contribution in [0.25, 0.3) is 5.57 Å². The van der Waals surface area contributed by atoms with Gasteiger partial charge >= 0.3 is 0 Å². The Hall–Kier alpha value is -1.64. The van der Waals surface area contributed by atoms with Crippen LogP contribution in [0.1, 0.15) is 18.2 Å². The smallest absolute Gasteiger partial charge is 0.0407 e. The number of nitrogens with zero attached hydrogens (tertiary/aromatic N) is 1. The maximum atomic E-state index is 7.27. The molecule has 3 nitrogen and oxygen atoms in total. The van der Waals surface area contributed by atoms with Crippen LogP contribution in [0, 0.1) is 5.41 Å². The Morgan fingerprint density at radius 1 is 1.64 bits per heavy atom. The molecule has 1 rings (SSSR count). The van der Waals surface area contributed by atoms with Crippen LogP contribution in [-0.4, -0.2) is 18.2 Å². The second-order valence-electron chi connectivity index (χ2n) is 2.92. The first kappa shape index (κ1) is 10.4. The molecule has 0 aliphatic heterocycles. The Labute approximate surface area is 84.4 Å². The van der Waals surface area contributed by atoms with Crippen molar-refractivity contribution in [2.75, 3.05) is 7.05 Å². The molecule has 1 aromatic rings. The van der Waals surface area contributed by atoms with Crippen LogP contribution in [0.5, 0.6) is 0 Å². The third-order valence-electron chi connectivity index (χ3n) is 1.97. The first-order valence-corrected chi connectivity index (χ1v) is 4.65. The van der Waals surface area contributed by atoms with E-state index >= 15 is 0 Å². The van der Waals surface area contributed by atoms with Crippen LogP contribution >= 0.6 is 0 Å². The molecule has 0 atom stereocenters. The minimum atomic E-state index is 0.865. The van der Waals surface area contributed by atoms with Crippen molar-refractivity contribution < 1.29 is 0 Å². The average Bonchev–Trinajstić information content (AvgIpc) is 2.26. The van der Waals surface area contributed by atoms with Crippen molar-refractivity contribution in [3.63, 3.8) is 0 Å². The van der Waals surface area contributed by atoms with E-state index in [9.17, 15) is 0 Å². The Bertz CT molecular complexity index is 342. The first-order valence-electron chi connectivity index (χ1n) is 4.65. The lowest BCUT2D eigenvalue weighted by molar-refractivity contribution is 1.03. The number of aryl methyl sites for hydroxylation is 1. The SMILES string of the molecule is CCc1cc(/C(C=N)=C/NC)ccn1. The first-order chi connectivity index (χ1) is 6.81. The molecule has 0 saturated carbocycles. The van der Waals surface area contributed by atoms with Gasteiger partial charge in [0.15, 0.2) is 0 Å². The van der Waals surface area contributed by atoms with Gasteiger partial charge in [0, 0.05) is 36.9 Å². The van der Waals surface area contributed by atoms with Gasteiger partial charge < -0.3 is 10.7 Å². The summed E-state index contributed by atoms with van der Waals surface area (Å²) < 4.78 is 0. The van der Waals surface area contributed by atoms with Gasteiger partial charge in [-0.1, -0.05) is 6.92 Å². The fourth-order valence-electron chi connectivity index (χ4n) is 1.21. The molecule has 14 heavy (non-hydrogen) atoms. The molecular weight excluding hydrogens is 174 g/mol. The van der Waals surface area contributed by atoms with Gasteiger partial charge in [0.1, 0.15) is 0 Å². The van der Waals surface area contributed by atoms with E-state index in [0.717, 1.165) is 23.3 Å². The van der Waals surface area contributed by atoms with Gasteiger partial charge in [-0.2, -0.15) is 0 Å². The van der Waals surface area contributed by atoms with Gasteiger partial charge in [0.25, 0.3) is 0 Å². The van der Waals surface area contributed by atoms with E-state index in [2.05, 4.69) is 17.2 Å². The van der Waals surface area contributed by atoms with E-state index in [1.54, 1.807) is 6.20 Å². The predicted octanol–water partition coefficient (Wildman–Crippen LogP) is 1.85. The number of hydrogen-bond acceptors (Lipinski definition) is 3. The molecule has 0 bridgehead atoms.